The van der Waals surface area contributed by atoms with Crippen LogP contribution in [-0.2, 0) is 4.79 Å². The number of urea groups is 1. The Hall–Kier alpha value is -2.48. The van der Waals surface area contributed by atoms with E-state index in [-0.39, 0.29) is 24.1 Å². The Balaban J connectivity index is 1.10. The molecular weight excluding hydrogens is 396 g/mol. The Morgan fingerprint density at radius 1 is 0.935 bits per heavy atom. The van der Waals surface area contributed by atoms with Crippen LogP contribution in [0.25, 0.3) is 0 Å². The smallest absolute Gasteiger partial charge is 0.315 e. The summed E-state index contributed by atoms with van der Waals surface area (Å²) in [5.41, 5.74) is 0. The van der Waals surface area contributed by atoms with E-state index < -0.39 is 0 Å². The van der Waals surface area contributed by atoms with E-state index in [4.69, 9.17) is 9.47 Å². The van der Waals surface area contributed by atoms with Crippen LogP contribution in [0.15, 0.2) is 24.3 Å². The quantitative estimate of drug-likeness (QED) is 0.642. The molecule has 1 atom stereocenters. The fraction of sp³-hybridized carbons (Fsp3) is 0.652. The van der Waals surface area contributed by atoms with Gasteiger partial charge in [0.1, 0.15) is 12.7 Å². The van der Waals surface area contributed by atoms with Crippen molar-refractivity contribution in [2.45, 2.75) is 63.1 Å². The Kier molecular flexibility index (Phi) is 7.51. The number of para-hydroxylation sites is 2. The molecule has 3 aliphatic rings. The summed E-state index contributed by atoms with van der Waals surface area (Å²) in [6.07, 6.45) is 7.41. The molecule has 170 valence electrons. The van der Waals surface area contributed by atoms with Gasteiger partial charge in [-0.2, -0.15) is 0 Å². The Morgan fingerprint density at radius 3 is 2.35 bits per heavy atom. The number of hydrogen-bond acceptors (Lipinski definition) is 5. The Labute approximate surface area is 184 Å². The van der Waals surface area contributed by atoms with E-state index in [2.05, 4.69) is 20.9 Å². The normalized spacial score (nSPS) is 22.5. The molecule has 1 unspecified atom stereocenters. The molecule has 1 aliphatic carbocycles. The maximum absolute atomic E-state index is 12.4. The van der Waals surface area contributed by atoms with Crippen molar-refractivity contribution in [3.8, 4) is 11.5 Å². The number of rotatable bonds is 6. The highest BCUT2D eigenvalue weighted by Crippen LogP contribution is 2.30. The van der Waals surface area contributed by atoms with Gasteiger partial charge < -0.3 is 25.4 Å². The molecular formula is C23H34N4O4. The molecule has 0 spiro atoms. The molecule has 0 aromatic heterocycles. The monoisotopic (exact) mass is 430 g/mol. The van der Waals surface area contributed by atoms with Crippen LogP contribution in [0.4, 0.5) is 4.79 Å². The van der Waals surface area contributed by atoms with Gasteiger partial charge >= 0.3 is 6.03 Å². The first-order chi connectivity index (χ1) is 15.2. The summed E-state index contributed by atoms with van der Waals surface area (Å²) in [6.45, 7) is 2.82. The Morgan fingerprint density at radius 2 is 1.61 bits per heavy atom. The van der Waals surface area contributed by atoms with Gasteiger partial charge in [-0.3, -0.25) is 9.69 Å². The molecule has 3 N–H and O–H groups in total. The highest BCUT2D eigenvalue weighted by atomic mass is 16.6. The van der Waals surface area contributed by atoms with Crippen LogP contribution in [0, 0.1) is 0 Å². The zero-order chi connectivity index (χ0) is 21.5. The molecule has 1 saturated carbocycles. The number of nitrogens with zero attached hydrogens (tertiary/aromatic N) is 1. The van der Waals surface area contributed by atoms with Crippen molar-refractivity contribution in [1.29, 1.82) is 0 Å². The summed E-state index contributed by atoms with van der Waals surface area (Å²) in [4.78, 5) is 26.7. The van der Waals surface area contributed by atoms with E-state index in [1.807, 2.05) is 24.3 Å². The van der Waals surface area contributed by atoms with Crippen LogP contribution < -0.4 is 25.4 Å². The summed E-state index contributed by atoms with van der Waals surface area (Å²) in [7, 11) is 0. The summed E-state index contributed by atoms with van der Waals surface area (Å²) < 4.78 is 11.6. The second kappa shape index (κ2) is 10.7. The summed E-state index contributed by atoms with van der Waals surface area (Å²) in [5, 5.41) is 9.18. The summed E-state index contributed by atoms with van der Waals surface area (Å²) in [6, 6.07) is 8.02. The van der Waals surface area contributed by atoms with Gasteiger partial charge in [-0.25, -0.2) is 4.79 Å². The lowest BCUT2D eigenvalue weighted by atomic mass is 9.96. The lowest BCUT2D eigenvalue weighted by molar-refractivity contribution is -0.123. The molecule has 2 aliphatic heterocycles. The van der Waals surface area contributed by atoms with Gasteiger partial charge in [-0.05, 0) is 37.8 Å². The van der Waals surface area contributed by atoms with E-state index >= 15 is 0 Å². The van der Waals surface area contributed by atoms with Crippen LogP contribution in [0.2, 0.25) is 0 Å². The van der Waals surface area contributed by atoms with Crippen molar-refractivity contribution in [2.24, 2.45) is 0 Å². The molecule has 0 bridgehead atoms. The van der Waals surface area contributed by atoms with Crippen molar-refractivity contribution in [3.05, 3.63) is 24.3 Å². The molecule has 0 radical (unpaired) electrons. The van der Waals surface area contributed by atoms with Crippen LogP contribution in [-0.4, -0.2) is 67.8 Å². The van der Waals surface area contributed by atoms with Gasteiger partial charge in [0.05, 0.1) is 13.1 Å². The highest BCUT2D eigenvalue weighted by molar-refractivity contribution is 5.78. The number of likely N-dealkylation sites (tertiary alicyclic amines) is 1. The van der Waals surface area contributed by atoms with Crippen LogP contribution >= 0.6 is 0 Å². The number of benzene rings is 1. The maximum Gasteiger partial charge on any atom is 0.315 e. The van der Waals surface area contributed by atoms with E-state index in [0.29, 0.717) is 25.7 Å². The van der Waals surface area contributed by atoms with E-state index in [0.717, 1.165) is 50.3 Å². The minimum absolute atomic E-state index is 0.0103. The topological polar surface area (TPSA) is 91.9 Å². The fourth-order valence-corrected chi connectivity index (χ4v) is 4.55. The first-order valence-electron chi connectivity index (χ1n) is 11.6. The fourth-order valence-electron chi connectivity index (χ4n) is 4.55. The molecule has 4 rings (SSSR count). The third-order valence-electron chi connectivity index (χ3n) is 6.32. The predicted molar refractivity (Wildman–Crippen MR) is 117 cm³/mol. The first kappa shape index (κ1) is 21.7. The Bertz CT molecular complexity index is 745. The second-order valence-electron chi connectivity index (χ2n) is 8.80. The molecule has 31 heavy (non-hydrogen) atoms. The van der Waals surface area contributed by atoms with E-state index in [1.165, 1.54) is 19.3 Å². The molecule has 2 fully saturated rings. The molecule has 2 heterocycles. The zero-order valence-electron chi connectivity index (χ0n) is 18.1. The van der Waals surface area contributed by atoms with E-state index in [9.17, 15) is 9.59 Å². The lowest BCUT2D eigenvalue weighted by Crippen LogP contribution is -2.51. The van der Waals surface area contributed by atoms with Gasteiger partial charge in [0.25, 0.3) is 0 Å². The number of carbonyl (C=O) groups is 2. The van der Waals surface area contributed by atoms with Gasteiger partial charge in [-0.1, -0.05) is 31.4 Å². The van der Waals surface area contributed by atoms with Crippen LogP contribution in [0.5, 0.6) is 11.5 Å². The largest absolute Gasteiger partial charge is 0.486 e. The third kappa shape index (κ3) is 6.50. The molecule has 8 heteroatoms. The number of fused-ring (bicyclic) bond motifs is 1. The van der Waals surface area contributed by atoms with Crippen molar-refractivity contribution in [2.75, 3.05) is 32.8 Å². The minimum Gasteiger partial charge on any atom is -0.486 e. The molecule has 1 saturated heterocycles. The molecule has 1 aromatic carbocycles. The van der Waals surface area contributed by atoms with Gasteiger partial charge in [0.15, 0.2) is 11.5 Å². The molecule has 3 amide bonds. The van der Waals surface area contributed by atoms with Crippen molar-refractivity contribution in [3.63, 3.8) is 0 Å². The van der Waals surface area contributed by atoms with Gasteiger partial charge in [0, 0.05) is 25.2 Å². The average molecular weight is 431 g/mol. The second-order valence-corrected chi connectivity index (χ2v) is 8.80. The van der Waals surface area contributed by atoms with Crippen LogP contribution in [0.3, 0.4) is 0 Å². The first-order valence-corrected chi connectivity index (χ1v) is 11.6. The molecule has 8 nitrogen and oxygen atoms in total. The summed E-state index contributed by atoms with van der Waals surface area (Å²) in [5.74, 6) is 1.45. The number of carbonyl (C=O) groups excluding carboxylic acids is 2. The summed E-state index contributed by atoms with van der Waals surface area (Å²) >= 11 is 0. The number of nitrogens with one attached hydrogen (secondary N) is 3. The standard InChI is InChI=1S/C23H34N4O4/c28-22(24-14-19-16-30-20-8-4-5-9-21(20)31-19)15-27-12-10-18(11-13-27)26-23(29)25-17-6-2-1-3-7-17/h4-5,8-9,17-19H,1-3,6-7,10-16H2,(H,24,28)(H2,25,26,29). The van der Waals surface area contributed by atoms with Crippen LogP contribution in [0.1, 0.15) is 44.9 Å². The number of piperidine rings is 1. The third-order valence-corrected chi connectivity index (χ3v) is 6.32. The predicted octanol–water partition coefficient (Wildman–Crippen LogP) is 2.04. The van der Waals surface area contributed by atoms with Crippen molar-refractivity contribution in [1.82, 2.24) is 20.9 Å². The van der Waals surface area contributed by atoms with Crippen molar-refractivity contribution >= 4 is 11.9 Å². The zero-order valence-corrected chi connectivity index (χ0v) is 18.1. The minimum atomic E-state index is -0.184. The highest BCUT2D eigenvalue weighted by Gasteiger charge is 2.25. The van der Waals surface area contributed by atoms with Gasteiger partial charge in [-0.15, -0.1) is 0 Å². The van der Waals surface area contributed by atoms with Gasteiger partial charge in [0.2, 0.25) is 5.91 Å². The number of ether oxygens (including phenoxy) is 2. The molecule has 1 aromatic rings. The maximum atomic E-state index is 12.4. The lowest BCUT2D eigenvalue weighted by Gasteiger charge is -2.32. The number of hydrogen-bond donors (Lipinski definition) is 3. The van der Waals surface area contributed by atoms with Crippen molar-refractivity contribution < 1.29 is 19.1 Å². The number of amides is 3. The average Bonchev–Trinajstić information content (AvgIpc) is 2.79. The van der Waals surface area contributed by atoms with E-state index in [1.54, 1.807) is 0 Å². The SMILES string of the molecule is O=C(CN1CCC(NC(=O)NC2CCCCC2)CC1)NCC1COc2ccccc2O1.